The first kappa shape index (κ1) is 66.9. The van der Waals surface area contributed by atoms with E-state index in [0.717, 1.165) is 96.3 Å². The second kappa shape index (κ2) is 58.4. The summed E-state index contributed by atoms with van der Waals surface area (Å²) in [5.41, 5.74) is 0. The Balaban J connectivity index is 4.06. The number of unbranched alkanes of at least 4 members (excludes halogenated alkanes) is 31. The van der Waals surface area contributed by atoms with Gasteiger partial charge in [-0.05, 0) is 89.9 Å². The van der Waals surface area contributed by atoms with Gasteiger partial charge in [0.2, 0.25) is 0 Å². The van der Waals surface area contributed by atoms with Gasteiger partial charge in [-0.2, -0.15) is 0 Å². The van der Waals surface area contributed by atoms with Crippen LogP contribution >= 0.6 is 0 Å². The zero-order chi connectivity index (χ0) is 50.7. The fraction of sp³-hybridized carbons (Fsp3) is 0.766. The minimum Gasteiger partial charge on any atom is -0.462 e. The molecule has 0 rings (SSSR count). The van der Waals surface area contributed by atoms with Gasteiger partial charge in [-0.3, -0.25) is 14.4 Å². The van der Waals surface area contributed by atoms with E-state index in [4.69, 9.17) is 14.2 Å². The summed E-state index contributed by atoms with van der Waals surface area (Å²) in [6, 6.07) is 0. The van der Waals surface area contributed by atoms with Crippen LogP contribution in [0.3, 0.4) is 0 Å². The Kier molecular flexibility index (Phi) is 55.8. The summed E-state index contributed by atoms with van der Waals surface area (Å²) < 4.78 is 16.8. The summed E-state index contributed by atoms with van der Waals surface area (Å²) in [4.78, 5) is 37.9. The van der Waals surface area contributed by atoms with E-state index in [9.17, 15) is 14.4 Å². The molecule has 0 aromatic carbocycles. The zero-order valence-electron chi connectivity index (χ0n) is 46.3. The lowest BCUT2D eigenvalue weighted by molar-refractivity contribution is -0.167. The molecule has 0 amide bonds. The third-order valence-corrected chi connectivity index (χ3v) is 12.9. The summed E-state index contributed by atoms with van der Waals surface area (Å²) in [5, 5.41) is 0. The lowest BCUT2D eigenvalue weighted by atomic mass is 10.0. The highest BCUT2D eigenvalue weighted by Crippen LogP contribution is 2.16. The fourth-order valence-electron chi connectivity index (χ4n) is 8.47. The summed E-state index contributed by atoms with van der Waals surface area (Å²) in [5.74, 6) is -0.890. The lowest BCUT2D eigenvalue weighted by Crippen LogP contribution is -2.30. The van der Waals surface area contributed by atoms with Crippen LogP contribution in [0.2, 0.25) is 0 Å². The first-order valence-corrected chi connectivity index (χ1v) is 29.9. The average Bonchev–Trinajstić information content (AvgIpc) is 3.36. The smallest absolute Gasteiger partial charge is 0.306 e. The minimum absolute atomic E-state index is 0.0781. The molecular weight excluding hydrogens is 865 g/mol. The van der Waals surface area contributed by atoms with Crippen LogP contribution in [0.1, 0.15) is 297 Å². The molecule has 0 saturated carbocycles. The Bertz CT molecular complexity index is 1310. The van der Waals surface area contributed by atoms with Crippen LogP contribution in [0.15, 0.2) is 72.9 Å². The van der Waals surface area contributed by atoms with Crippen LogP contribution in [0, 0.1) is 0 Å². The SMILES string of the molecule is CC/C=C\C/C=C\C/C=C\CCCCCCCCCC(=O)OC(COC(=O)CCCCCCCC)COC(=O)CCCCCCCCCCCCCCCC/C=C\C/C=C\C/C=C\CCCCCCC. The summed E-state index contributed by atoms with van der Waals surface area (Å²) in [6.07, 6.45) is 75.1. The number of carbonyl (C=O) groups excluding carboxylic acids is 3. The van der Waals surface area contributed by atoms with E-state index in [0.29, 0.717) is 19.3 Å². The van der Waals surface area contributed by atoms with Crippen LogP contribution in [0.25, 0.3) is 0 Å². The molecule has 0 fully saturated rings. The molecule has 1 atom stereocenters. The quantitative estimate of drug-likeness (QED) is 0.0261. The molecule has 0 aromatic heterocycles. The maximum absolute atomic E-state index is 12.8. The number of hydrogen-bond acceptors (Lipinski definition) is 6. The van der Waals surface area contributed by atoms with Crippen LogP contribution in [-0.2, 0) is 28.6 Å². The molecular formula is C64H112O6. The largest absolute Gasteiger partial charge is 0.462 e. The Labute approximate surface area is 433 Å². The first-order chi connectivity index (χ1) is 34.5. The predicted molar refractivity (Wildman–Crippen MR) is 302 cm³/mol. The van der Waals surface area contributed by atoms with E-state index in [-0.39, 0.29) is 31.1 Å². The minimum atomic E-state index is -0.777. The van der Waals surface area contributed by atoms with Gasteiger partial charge < -0.3 is 14.2 Å². The van der Waals surface area contributed by atoms with Crippen molar-refractivity contribution in [1.82, 2.24) is 0 Å². The van der Waals surface area contributed by atoms with Crippen molar-refractivity contribution < 1.29 is 28.6 Å². The van der Waals surface area contributed by atoms with E-state index < -0.39 is 6.10 Å². The van der Waals surface area contributed by atoms with E-state index in [1.54, 1.807) is 0 Å². The van der Waals surface area contributed by atoms with Gasteiger partial charge in [0.05, 0.1) is 0 Å². The van der Waals surface area contributed by atoms with Gasteiger partial charge in [-0.1, -0.05) is 261 Å². The molecule has 0 aliphatic carbocycles. The Morgan fingerprint density at radius 1 is 0.300 bits per heavy atom. The molecule has 6 heteroatoms. The summed E-state index contributed by atoms with van der Waals surface area (Å²) in [7, 11) is 0. The van der Waals surface area contributed by atoms with Crippen molar-refractivity contribution in [2.75, 3.05) is 13.2 Å². The Hall–Kier alpha value is -3.15. The molecule has 6 nitrogen and oxygen atoms in total. The van der Waals surface area contributed by atoms with Crippen molar-refractivity contribution in [2.24, 2.45) is 0 Å². The molecule has 0 radical (unpaired) electrons. The predicted octanol–water partition coefficient (Wildman–Crippen LogP) is 20.2. The van der Waals surface area contributed by atoms with Gasteiger partial charge in [0.25, 0.3) is 0 Å². The molecule has 0 saturated heterocycles. The van der Waals surface area contributed by atoms with Gasteiger partial charge in [-0.15, -0.1) is 0 Å². The van der Waals surface area contributed by atoms with Gasteiger partial charge >= 0.3 is 17.9 Å². The lowest BCUT2D eigenvalue weighted by Gasteiger charge is -2.18. The third-order valence-electron chi connectivity index (χ3n) is 12.9. The van der Waals surface area contributed by atoms with Gasteiger partial charge in [0, 0.05) is 19.3 Å². The monoisotopic (exact) mass is 977 g/mol. The third kappa shape index (κ3) is 55.8. The van der Waals surface area contributed by atoms with Crippen LogP contribution in [0.4, 0.5) is 0 Å². The summed E-state index contributed by atoms with van der Waals surface area (Å²) >= 11 is 0. The van der Waals surface area contributed by atoms with Crippen molar-refractivity contribution in [3.8, 4) is 0 Å². The second-order valence-corrected chi connectivity index (χ2v) is 19.9. The number of allylic oxidation sites excluding steroid dienone is 12. The molecule has 1 unspecified atom stereocenters. The van der Waals surface area contributed by atoms with Crippen molar-refractivity contribution in [3.63, 3.8) is 0 Å². The van der Waals surface area contributed by atoms with Crippen molar-refractivity contribution in [2.45, 2.75) is 303 Å². The summed E-state index contributed by atoms with van der Waals surface area (Å²) in [6.45, 7) is 6.47. The van der Waals surface area contributed by atoms with Crippen molar-refractivity contribution in [1.29, 1.82) is 0 Å². The molecule has 0 N–H and O–H groups in total. The zero-order valence-corrected chi connectivity index (χ0v) is 46.3. The van der Waals surface area contributed by atoms with Gasteiger partial charge in [0.15, 0.2) is 6.10 Å². The maximum Gasteiger partial charge on any atom is 0.306 e. The van der Waals surface area contributed by atoms with Crippen molar-refractivity contribution in [3.05, 3.63) is 72.9 Å². The van der Waals surface area contributed by atoms with Crippen LogP contribution < -0.4 is 0 Å². The molecule has 0 spiro atoms. The maximum atomic E-state index is 12.8. The highest BCUT2D eigenvalue weighted by molar-refractivity contribution is 5.71. The number of ether oxygens (including phenoxy) is 3. The topological polar surface area (TPSA) is 78.9 Å². The standard InChI is InChI=1S/C64H112O6/c1-4-7-10-13-16-18-20-22-24-26-27-28-29-30-31-32-33-34-35-36-37-39-40-42-44-46-48-51-54-57-63(66)69-60-61(59-68-62(65)56-53-50-15-12-9-6-3)70-64(67)58-55-52-49-47-45-43-41-38-25-23-21-19-17-14-11-8-5-2/h8,11,17,19-20,22-23,25-27,29-30,61H,4-7,9-10,12-16,18,21,24,28,31-60H2,1-3H3/b11-8-,19-17-,22-20-,25-23-,27-26-,30-29-. The molecule has 0 heterocycles. The average molecular weight is 978 g/mol. The first-order valence-electron chi connectivity index (χ1n) is 29.9. The number of rotatable bonds is 54. The molecule has 0 aromatic rings. The van der Waals surface area contributed by atoms with Gasteiger partial charge in [-0.25, -0.2) is 0 Å². The Morgan fingerprint density at radius 3 is 0.871 bits per heavy atom. The molecule has 404 valence electrons. The van der Waals surface area contributed by atoms with E-state index in [1.807, 2.05) is 0 Å². The van der Waals surface area contributed by atoms with Crippen LogP contribution in [0.5, 0.6) is 0 Å². The van der Waals surface area contributed by atoms with E-state index in [2.05, 4.69) is 93.7 Å². The van der Waals surface area contributed by atoms with E-state index >= 15 is 0 Å². The van der Waals surface area contributed by atoms with Crippen molar-refractivity contribution >= 4 is 17.9 Å². The van der Waals surface area contributed by atoms with Crippen LogP contribution in [-0.4, -0.2) is 37.2 Å². The highest BCUT2D eigenvalue weighted by Gasteiger charge is 2.19. The number of hydrogen-bond donors (Lipinski definition) is 0. The number of esters is 3. The fourth-order valence-corrected chi connectivity index (χ4v) is 8.47. The molecule has 0 aliphatic rings. The number of carbonyl (C=O) groups is 3. The van der Waals surface area contributed by atoms with E-state index in [1.165, 1.54) is 161 Å². The highest BCUT2D eigenvalue weighted by atomic mass is 16.6. The normalized spacial score (nSPS) is 12.6. The Morgan fingerprint density at radius 2 is 0.557 bits per heavy atom. The second-order valence-electron chi connectivity index (χ2n) is 19.9. The molecule has 70 heavy (non-hydrogen) atoms. The molecule has 0 aliphatic heterocycles. The van der Waals surface area contributed by atoms with Gasteiger partial charge in [0.1, 0.15) is 13.2 Å². The molecule has 0 bridgehead atoms.